The molecule has 1 saturated heterocycles. The van der Waals surface area contributed by atoms with Crippen LogP contribution in [0.15, 0.2) is 54.6 Å². The lowest BCUT2D eigenvalue weighted by Crippen LogP contribution is -2.44. The Morgan fingerprint density at radius 2 is 1.62 bits per heavy atom. The maximum absolute atomic E-state index is 12.9. The van der Waals surface area contributed by atoms with E-state index in [9.17, 15) is 14.4 Å². The van der Waals surface area contributed by atoms with Crippen LogP contribution in [0.5, 0.6) is 0 Å². The molecule has 2 fully saturated rings. The summed E-state index contributed by atoms with van der Waals surface area (Å²) in [5.41, 5.74) is 2.30. The third-order valence-electron chi connectivity index (χ3n) is 7.19. The quantitative estimate of drug-likeness (QED) is 0.688. The number of benzene rings is 2. The molecule has 0 spiro atoms. The molecule has 0 radical (unpaired) electrons. The van der Waals surface area contributed by atoms with E-state index in [1.54, 1.807) is 24.3 Å². The summed E-state index contributed by atoms with van der Waals surface area (Å²) in [6.07, 6.45) is 7.72. The van der Waals surface area contributed by atoms with E-state index < -0.39 is 0 Å². The molecule has 1 heterocycles. The van der Waals surface area contributed by atoms with Crippen molar-refractivity contribution in [2.24, 2.45) is 5.92 Å². The Morgan fingerprint density at radius 1 is 0.912 bits per heavy atom. The molecule has 6 heteroatoms. The molecule has 1 aliphatic heterocycles. The Labute approximate surface area is 202 Å². The first-order valence-electron chi connectivity index (χ1n) is 12.5. The van der Waals surface area contributed by atoms with E-state index in [2.05, 4.69) is 5.32 Å². The first kappa shape index (κ1) is 24.0. The van der Waals surface area contributed by atoms with Gasteiger partial charge in [0, 0.05) is 37.4 Å². The monoisotopic (exact) mass is 461 g/mol. The van der Waals surface area contributed by atoms with Gasteiger partial charge in [-0.2, -0.15) is 0 Å². The number of hydrogen-bond acceptors (Lipinski definition) is 3. The zero-order valence-electron chi connectivity index (χ0n) is 20.0. The second-order valence-electron chi connectivity index (χ2n) is 9.62. The van der Waals surface area contributed by atoms with Gasteiger partial charge in [0.1, 0.15) is 0 Å². The number of anilines is 1. The van der Waals surface area contributed by atoms with E-state index in [0.29, 0.717) is 36.8 Å². The van der Waals surface area contributed by atoms with Crippen LogP contribution in [0.25, 0.3) is 0 Å². The largest absolute Gasteiger partial charge is 0.342 e. The molecular formula is C28H35N3O3. The lowest BCUT2D eigenvalue weighted by molar-refractivity contribution is -0.133. The van der Waals surface area contributed by atoms with Crippen LogP contribution >= 0.6 is 0 Å². The highest BCUT2D eigenvalue weighted by atomic mass is 16.2. The fourth-order valence-corrected chi connectivity index (χ4v) is 5.08. The van der Waals surface area contributed by atoms with Gasteiger partial charge in [0.25, 0.3) is 5.91 Å². The van der Waals surface area contributed by atoms with Crippen LogP contribution in [0, 0.1) is 5.92 Å². The predicted molar refractivity (Wildman–Crippen MR) is 133 cm³/mol. The van der Waals surface area contributed by atoms with Crippen molar-refractivity contribution in [1.29, 1.82) is 0 Å². The van der Waals surface area contributed by atoms with Gasteiger partial charge in [-0.15, -0.1) is 0 Å². The molecule has 1 atom stereocenters. The molecule has 3 amide bonds. The maximum Gasteiger partial charge on any atom is 0.253 e. The van der Waals surface area contributed by atoms with E-state index in [-0.39, 0.29) is 23.6 Å². The van der Waals surface area contributed by atoms with Crippen LogP contribution < -0.4 is 5.32 Å². The van der Waals surface area contributed by atoms with Crippen molar-refractivity contribution < 1.29 is 14.4 Å². The average molecular weight is 462 g/mol. The molecule has 1 saturated carbocycles. The molecule has 2 aliphatic rings. The van der Waals surface area contributed by atoms with Crippen LogP contribution in [0.2, 0.25) is 0 Å². The Kier molecular flexibility index (Phi) is 7.99. The topological polar surface area (TPSA) is 69.7 Å². The van der Waals surface area contributed by atoms with Crippen molar-refractivity contribution in [3.63, 3.8) is 0 Å². The van der Waals surface area contributed by atoms with Gasteiger partial charge in [0.05, 0.1) is 12.3 Å². The molecule has 4 rings (SSSR count). The number of nitrogens with zero attached hydrogens (tertiary/aromatic N) is 2. The first-order valence-corrected chi connectivity index (χ1v) is 12.5. The minimum Gasteiger partial charge on any atom is -0.342 e. The van der Waals surface area contributed by atoms with Gasteiger partial charge in [-0.25, -0.2) is 0 Å². The zero-order chi connectivity index (χ0) is 23.9. The first-order chi connectivity index (χ1) is 16.5. The Bertz CT molecular complexity index is 984. The Balaban J connectivity index is 1.30. The van der Waals surface area contributed by atoms with Crippen LogP contribution in [0.1, 0.15) is 60.9 Å². The van der Waals surface area contributed by atoms with Gasteiger partial charge in [-0.3, -0.25) is 14.4 Å². The number of likely N-dealkylation sites (tertiary alicyclic amines) is 1. The van der Waals surface area contributed by atoms with E-state index >= 15 is 0 Å². The number of nitrogens with one attached hydrogen (secondary N) is 1. The van der Waals surface area contributed by atoms with Gasteiger partial charge in [-0.05, 0) is 55.5 Å². The van der Waals surface area contributed by atoms with Crippen molar-refractivity contribution in [3.05, 3.63) is 65.7 Å². The molecule has 1 N–H and O–H groups in total. The SMILES string of the molecule is CN(C(=O)c1ccc(NC(=O)C2CCCN(C(=O)Cc3ccccc3)C2)cc1)C1CCCCC1. The number of amides is 3. The van der Waals surface area contributed by atoms with E-state index in [4.69, 9.17) is 0 Å². The van der Waals surface area contributed by atoms with Gasteiger partial charge < -0.3 is 15.1 Å². The second kappa shape index (κ2) is 11.3. The van der Waals surface area contributed by atoms with Crippen molar-refractivity contribution in [1.82, 2.24) is 9.80 Å². The van der Waals surface area contributed by atoms with Gasteiger partial charge in [0.2, 0.25) is 11.8 Å². The Hall–Kier alpha value is -3.15. The third kappa shape index (κ3) is 6.04. The molecular weight excluding hydrogens is 426 g/mol. The highest BCUT2D eigenvalue weighted by Gasteiger charge is 2.28. The summed E-state index contributed by atoms with van der Waals surface area (Å²) in [4.78, 5) is 42.2. The summed E-state index contributed by atoms with van der Waals surface area (Å²) in [7, 11) is 1.89. The summed E-state index contributed by atoms with van der Waals surface area (Å²) in [6.45, 7) is 1.14. The minimum atomic E-state index is -0.229. The number of hydrogen-bond donors (Lipinski definition) is 1. The third-order valence-corrected chi connectivity index (χ3v) is 7.19. The van der Waals surface area contributed by atoms with Crippen LogP contribution in [0.3, 0.4) is 0 Å². The molecule has 180 valence electrons. The minimum absolute atomic E-state index is 0.0321. The molecule has 0 aromatic heterocycles. The molecule has 6 nitrogen and oxygen atoms in total. The summed E-state index contributed by atoms with van der Waals surface area (Å²) in [6, 6.07) is 17.2. The molecule has 2 aromatic carbocycles. The average Bonchev–Trinajstić information content (AvgIpc) is 2.89. The normalized spacial score (nSPS) is 18.9. The summed E-state index contributed by atoms with van der Waals surface area (Å²) in [5.74, 6) is -0.207. The van der Waals surface area contributed by atoms with Gasteiger partial charge in [0.15, 0.2) is 0 Å². The van der Waals surface area contributed by atoms with Crippen LogP contribution in [0.4, 0.5) is 5.69 Å². The maximum atomic E-state index is 12.9. The molecule has 0 bridgehead atoms. The van der Waals surface area contributed by atoms with E-state index in [1.807, 2.05) is 47.2 Å². The smallest absolute Gasteiger partial charge is 0.253 e. The Morgan fingerprint density at radius 3 is 2.32 bits per heavy atom. The number of carbonyl (C=O) groups excluding carboxylic acids is 3. The number of carbonyl (C=O) groups is 3. The van der Waals surface area contributed by atoms with Crippen LogP contribution in [-0.2, 0) is 16.0 Å². The lowest BCUT2D eigenvalue weighted by Gasteiger charge is -2.32. The van der Waals surface area contributed by atoms with E-state index in [1.165, 1.54) is 19.3 Å². The van der Waals surface area contributed by atoms with Crippen molar-refractivity contribution >= 4 is 23.4 Å². The molecule has 1 unspecified atom stereocenters. The van der Waals surface area contributed by atoms with Crippen LogP contribution in [-0.4, -0.2) is 53.7 Å². The molecule has 34 heavy (non-hydrogen) atoms. The summed E-state index contributed by atoms with van der Waals surface area (Å²) in [5, 5.41) is 2.98. The zero-order valence-corrected chi connectivity index (χ0v) is 20.0. The second-order valence-corrected chi connectivity index (χ2v) is 9.62. The number of piperidine rings is 1. The highest BCUT2D eigenvalue weighted by molar-refractivity contribution is 5.96. The molecule has 1 aliphatic carbocycles. The van der Waals surface area contributed by atoms with Crippen molar-refractivity contribution in [3.8, 4) is 0 Å². The van der Waals surface area contributed by atoms with Gasteiger partial charge in [-0.1, -0.05) is 49.6 Å². The summed E-state index contributed by atoms with van der Waals surface area (Å²) < 4.78 is 0. The summed E-state index contributed by atoms with van der Waals surface area (Å²) >= 11 is 0. The van der Waals surface area contributed by atoms with Crippen molar-refractivity contribution in [2.45, 2.75) is 57.4 Å². The fourth-order valence-electron chi connectivity index (χ4n) is 5.08. The fraction of sp³-hybridized carbons (Fsp3) is 0.464. The molecule has 2 aromatic rings. The van der Waals surface area contributed by atoms with E-state index in [0.717, 1.165) is 31.2 Å². The van der Waals surface area contributed by atoms with Gasteiger partial charge >= 0.3 is 0 Å². The highest BCUT2D eigenvalue weighted by Crippen LogP contribution is 2.24. The standard InChI is InChI=1S/C28H35N3O3/c1-30(25-12-6-3-7-13-25)28(34)22-14-16-24(17-15-22)29-27(33)23-11-8-18-31(20-23)26(32)19-21-9-4-2-5-10-21/h2,4-5,9-10,14-17,23,25H,3,6-8,11-13,18-20H2,1H3,(H,29,33). The number of rotatable bonds is 6. The van der Waals surface area contributed by atoms with Crippen molar-refractivity contribution in [2.75, 3.05) is 25.5 Å². The predicted octanol–water partition coefficient (Wildman–Crippen LogP) is 4.51. The lowest BCUT2D eigenvalue weighted by atomic mass is 9.94.